The van der Waals surface area contributed by atoms with Gasteiger partial charge in [0.05, 0.1) is 0 Å². The van der Waals surface area contributed by atoms with Crippen LogP contribution in [0.25, 0.3) is 0 Å². The largest absolute Gasteiger partial charge is 0.444 e. The summed E-state index contributed by atoms with van der Waals surface area (Å²) in [6.07, 6.45) is 1.41. The van der Waals surface area contributed by atoms with Crippen LogP contribution in [-0.2, 0) is 11.3 Å². The number of aromatic nitrogens is 1. The van der Waals surface area contributed by atoms with E-state index in [2.05, 4.69) is 10.3 Å². The van der Waals surface area contributed by atoms with Gasteiger partial charge in [-0.05, 0) is 38.8 Å². The predicted octanol–water partition coefficient (Wildman–Crippen LogP) is 3.73. The highest BCUT2D eigenvalue weighted by molar-refractivity contribution is 5.67. The van der Waals surface area contributed by atoms with Crippen molar-refractivity contribution in [3.8, 4) is 0 Å². The first-order valence-electron chi connectivity index (χ1n) is 8.08. The second kappa shape index (κ2) is 6.91. The average Bonchev–Trinajstić information content (AvgIpc) is 2.83. The first-order valence-corrected chi connectivity index (χ1v) is 8.08. The second-order valence-corrected chi connectivity index (χ2v) is 7.24. The molecule has 0 spiro atoms. The maximum atomic E-state index is 13.3. The van der Waals surface area contributed by atoms with Crippen LogP contribution >= 0.6 is 0 Å². The number of hydrogen-bond acceptors (Lipinski definition) is 4. The topological polar surface area (TPSA) is 54.5 Å². The van der Waals surface area contributed by atoms with Gasteiger partial charge in [0.15, 0.2) is 0 Å². The number of hydrogen-bond donors (Lipinski definition) is 1. The second-order valence-electron chi connectivity index (χ2n) is 7.24. The molecule has 1 aromatic rings. The number of nitrogens with one attached hydrogen (secondary N) is 1. The maximum absolute atomic E-state index is 13.3. The summed E-state index contributed by atoms with van der Waals surface area (Å²) in [4.78, 5) is 17.7. The fourth-order valence-electron chi connectivity index (χ4n) is 2.66. The van der Waals surface area contributed by atoms with Gasteiger partial charge in [0, 0.05) is 38.7 Å². The predicted molar refractivity (Wildman–Crippen MR) is 88.3 cm³/mol. The van der Waals surface area contributed by atoms with Crippen LogP contribution in [0.15, 0.2) is 18.3 Å². The Labute approximate surface area is 141 Å². The molecule has 7 heteroatoms. The first kappa shape index (κ1) is 18.4. The number of pyridine rings is 1. The molecule has 5 nitrogen and oxygen atoms in total. The van der Waals surface area contributed by atoms with Crippen LogP contribution in [0.2, 0.25) is 0 Å². The number of anilines is 1. The van der Waals surface area contributed by atoms with E-state index in [4.69, 9.17) is 4.74 Å². The van der Waals surface area contributed by atoms with Gasteiger partial charge in [-0.15, -0.1) is 0 Å². The molecule has 1 aliphatic carbocycles. The minimum Gasteiger partial charge on any atom is -0.444 e. The molecule has 1 fully saturated rings. The lowest BCUT2D eigenvalue weighted by molar-refractivity contribution is 0.00784. The summed E-state index contributed by atoms with van der Waals surface area (Å²) in [5.74, 6) is -1.92. The molecule has 1 aliphatic rings. The molecule has 0 radical (unpaired) electrons. The van der Waals surface area contributed by atoms with E-state index in [1.54, 1.807) is 45.0 Å². The summed E-state index contributed by atoms with van der Waals surface area (Å²) in [7, 11) is 1.78. The van der Waals surface area contributed by atoms with Gasteiger partial charge in [-0.2, -0.15) is 0 Å². The van der Waals surface area contributed by atoms with Crippen molar-refractivity contribution in [2.45, 2.75) is 64.1 Å². The zero-order valence-corrected chi connectivity index (χ0v) is 14.6. The number of carbonyl (C=O) groups excluding carboxylic acids is 1. The third kappa shape index (κ3) is 5.32. The standard InChI is InChI=1S/C17H25F2N3O2/c1-16(2,3)24-15(23)21-11-12-5-6-14(20-10-12)22(4)13-7-8-17(18,19)9-13/h5-6,10,13H,7-9,11H2,1-4H3,(H,21,23)/t13-/m0/s1. The Morgan fingerprint density at radius 1 is 1.46 bits per heavy atom. The molecule has 1 saturated carbocycles. The van der Waals surface area contributed by atoms with Gasteiger partial charge in [0.2, 0.25) is 5.92 Å². The SMILES string of the molecule is CN(c1ccc(CNC(=O)OC(C)(C)C)cn1)[C@H]1CCC(F)(F)C1. The van der Waals surface area contributed by atoms with E-state index in [9.17, 15) is 13.6 Å². The Bertz CT molecular complexity index is 570. The number of ether oxygens (including phenoxy) is 1. The normalized spacial score (nSPS) is 19.8. The first-order chi connectivity index (χ1) is 11.1. The summed E-state index contributed by atoms with van der Waals surface area (Å²) < 4.78 is 31.8. The van der Waals surface area contributed by atoms with Crippen LogP contribution in [-0.4, -0.2) is 35.7 Å². The van der Waals surface area contributed by atoms with Gasteiger partial charge < -0.3 is 15.0 Å². The molecule has 0 aromatic carbocycles. The number of carbonyl (C=O) groups is 1. The van der Waals surface area contributed by atoms with Crippen LogP contribution in [0.3, 0.4) is 0 Å². The minimum absolute atomic E-state index is 0.0695. The molecule has 1 aromatic heterocycles. The van der Waals surface area contributed by atoms with Crippen molar-refractivity contribution < 1.29 is 18.3 Å². The molecule has 134 valence electrons. The van der Waals surface area contributed by atoms with Crippen molar-refractivity contribution in [2.24, 2.45) is 0 Å². The number of halogens is 2. The molecule has 2 rings (SSSR count). The number of nitrogens with zero attached hydrogens (tertiary/aromatic N) is 2. The van der Waals surface area contributed by atoms with E-state index in [0.29, 0.717) is 18.8 Å². The number of alkyl halides is 2. The van der Waals surface area contributed by atoms with Crippen LogP contribution in [0.5, 0.6) is 0 Å². The van der Waals surface area contributed by atoms with Crippen molar-refractivity contribution in [3.63, 3.8) is 0 Å². The van der Waals surface area contributed by atoms with Gasteiger partial charge in [-0.25, -0.2) is 18.6 Å². The van der Waals surface area contributed by atoms with E-state index >= 15 is 0 Å². The summed E-state index contributed by atoms with van der Waals surface area (Å²) in [5, 5.41) is 2.66. The Kier molecular flexibility index (Phi) is 5.30. The number of rotatable bonds is 4. The van der Waals surface area contributed by atoms with Crippen molar-refractivity contribution in [1.82, 2.24) is 10.3 Å². The zero-order valence-electron chi connectivity index (χ0n) is 14.6. The van der Waals surface area contributed by atoms with Gasteiger partial charge >= 0.3 is 6.09 Å². The van der Waals surface area contributed by atoms with E-state index in [1.807, 2.05) is 6.07 Å². The molecular weight excluding hydrogens is 316 g/mol. The van der Waals surface area contributed by atoms with Crippen molar-refractivity contribution in [2.75, 3.05) is 11.9 Å². The fourth-order valence-corrected chi connectivity index (χ4v) is 2.66. The molecule has 1 N–H and O–H groups in total. The van der Waals surface area contributed by atoms with Crippen LogP contribution < -0.4 is 10.2 Å². The van der Waals surface area contributed by atoms with E-state index in [1.165, 1.54) is 0 Å². The molecule has 0 bridgehead atoms. The molecule has 1 atom stereocenters. The van der Waals surface area contributed by atoms with Gasteiger partial charge in [0.25, 0.3) is 0 Å². The highest BCUT2D eigenvalue weighted by Crippen LogP contribution is 2.37. The lowest BCUT2D eigenvalue weighted by Gasteiger charge is -2.25. The third-order valence-electron chi connectivity index (χ3n) is 3.93. The smallest absolute Gasteiger partial charge is 0.407 e. The fraction of sp³-hybridized carbons (Fsp3) is 0.647. The molecular formula is C17H25F2N3O2. The van der Waals surface area contributed by atoms with Crippen molar-refractivity contribution in [3.05, 3.63) is 23.9 Å². The zero-order chi connectivity index (χ0) is 18.0. The van der Waals surface area contributed by atoms with Gasteiger partial charge in [0.1, 0.15) is 11.4 Å². The monoisotopic (exact) mass is 341 g/mol. The van der Waals surface area contributed by atoms with E-state index in [0.717, 1.165) is 5.56 Å². The third-order valence-corrected chi connectivity index (χ3v) is 3.93. The average molecular weight is 341 g/mol. The number of alkyl carbamates (subject to hydrolysis) is 1. The highest BCUT2D eigenvalue weighted by Gasteiger charge is 2.41. The maximum Gasteiger partial charge on any atom is 0.407 e. The Morgan fingerprint density at radius 3 is 2.67 bits per heavy atom. The lowest BCUT2D eigenvalue weighted by atomic mass is 10.2. The van der Waals surface area contributed by atoms with Gasteiger partial charge in [-0.3, -0.25) is 0 Å². The molecule has 1 amide bonds. The summed E-state index contributed by atoms with van der Waals surface area (Å²) >= 11 is 0. The Morgan fingerprint density at radius 2 is 2.17 bits per heavy atom. The minimum atomic E-state index is -2.57. The highest BCUT2D eigenvalue weighted by atomic mass is 19.3. The van der Waals surface area contributed by atoms with Crippen molar-refractivity contribution in [1.29, 1.82) is 0 Å². The molecule has 0 unspecified atom stereocenters. The summed E-state index contributed by atoms with van der Waals surface area (Å²) in [5.41, 5.74) is 0.271. The molecule has 0 aliphatic heterocycles. The summed E-state index contributed by atoms with van der Waals surface area (Å²) in [6, 6.07) is 3.41. The Hall–Kier alpha value is -1.92. The van der Waals surface area contributed by atoms with Crippen LogP contribution in [0.1, 0.15) is 45.6 Å². The quantitative estimate of drug-likeness (QED) is 0.907. The van der Waals surface area contributed by atoms with Crippen LogP contribution in [0, 0.1) is 0 Å². The van der Waals surface area contributed by atoms with Crippen LogP contribution in [0.4, 0.5) is 19.4 Å². The van der Waals surface area contributed by atoms with Gasteiger partial charge in [-0.1, -0.05) is 6.07 Å². The van der Waals surface area contributed by atoms with E-state index < -0.39 is 17.6 Å². The lowest BCUT2D eigenvalue weighted by Crippen LogP contribution is -2.32. The molecule has 1 heterocycles. The summed E-state index contributed by atoms with van der Waals surface area (Å²) in [6.45, 7) is 5.69. The van der Waals surface area contributed by atoms with Crippen molar-refractivity contribution >= 4 is 11.9 Å². The number of amides is 1. The molecule has 0 saturated heterocycles. The van der Waals surface area contributed by atoms with E-state index in [-0.39, 0.29) is 18.9 Å². The molecule has 24 heavy (non-hydrogen) atoms. The Balaban J connectivity index is 1.88.